The Bertz CT molecular complexity index is 1110. The van der Waals surface area contributed by atoms with Gasteiger partial charge in [0.1, 0.15) is 6.61 Å². The van der Waals surface area contributed by atoms with Gasteiger partial charge in [-0.2, -0.15) is 0 Å². The second kappa shape index (κ2) is 11.3. The number of ether oxygens (including phenoxy) is 2. The first-order valence-electron chi connectivity index (χ1n) is 11.4. The maximum absolute atomic E-state index is 12.7. The Hall–Kier alpha value is -3.87. The average molecular weight is 460 g/mol. The smallest absolute Gasteiger partial charge is 0.225 e. The molecule has 2 aromatic carbocycles. The molecule has 1 unspecified atom stereocenters. The number of amides is 2. The van der Waals surface area contributed by atoms with Crippen LogP contribution in [0.5, 0.6) is 11.5 Å². The fraction of sp³-hybridized carbons (Fsp3) is 0.296. The Morgan fingerprint density at radius 3 is 2.59 bits per heavy atom. The fourth-order valence-corrected chi connectivity index (χ4v) is 3.99. The van der Waals surface area contributed by atoms with Gasteiger partial charge >= 0.3 is 0 Å². The van der Waals surface area contributed by atoms with Crippen molar-refractivity contribution in [2.45, 2.75) is 26.0 Å². The molecule has 7 nitrogen and oxygen atoms in total. The van der Waals surface area contributed by atoms with E-state index in [-0.39, 0.29) is 24.2 Å². The molecular weight excluding hydrogens is 430 g/mol. The minimum absolute atomic E-state index is 0.0356. The molecule has 0 spiro atoms. The van der Waals surface area contributed by atoms with Gasteiger partial charge in [0, 0.05) is 38.4 Å². The van der Waals surface area contributed by atoms with E-state index >= 15 is 0 Å². The van der Waals surface area contributed by atoms with Crippen molar-refractivity contribution in [3.8, 4) is 11.5 Å². The lowest BCUT2D eigenvalue weighted by Gasteiger charge is -2.17. The summed E-state index contributed by atoms with van der Waals surface area (Å²) in [5.74, 6) is 0.836. The van der Waals surface area contributed by atoms with E-state index in [2.05, 4.69) is 22.4 Å². The summed E-state index contributed by atoms with van der Waals surface area (Å²) in [4.78, 5) is 30.9. The van der Waals surface area contributed by atoms with Crippen LogP contribution in [-0.4, -0.2) is 41.9 Å². The second-order valence-corrected chi connectivity index (χ2v) is 8.32. The molecule has 3 aromatic rings. The number of nitrogens with one attached hydrogen (secondary N) is 1. The predicted octanol–water partition coefficient (Wildman–Crippen LogP) is 3.38. The van der Waals surface area contributed by atoms with Gasteiger partial charge in [-0.15, -0.1) is 0 Å². The third-order valence-corrected chi connectivity index (χ3v) is 5.94. The third-order valence-electron chi connectivity index (χ3n) is 5.94. The quantitative estimate of drug-likeness (QED) is 0.503. The van der Waals surface area contributed by atoms with E-state index in [9.17, 15) is 9.59 Å². The summed E-state index contributed by atoms with van der Waals surface area (Å²) in [5.41, 5.74) is 3.09. The second-order valence-electron chi connectivity index (χ2n) is 8.32. The highest BCUT2D eigenvalue weighted by Crippen LogP contribution is 2.29. The van der Waals surface area contributed by atoms with Crippen molar-refractivity contribution in [2.75, 3.05) is 20.2 Å². The van der Waals surface area contributed by atoms with E-state index in [1.165, 1.54) is 5.56 Å². The van der Waals surface area contributed by atoms with Gasteiger partial charge in [0.2, 0.25) is 11.8 Å². The number of carbonyl (C=O) groups is 2. The average Bonchev–Trinajstić information content (AvgIpc) is 3.26. The van der Waals surface area contributed by atoms with Crippen molar-refractivity contribution in [1.29, 1.82) is 0 Å². The van der Waals surface area contributed by atoms with Gasteiger partial charge in [-0.05, 0) is 47.4 Å². The lowest BCUT2D eigenvalue weighted by atomic mass is 10.1. The zero-order chi connectivity index (χ0) is 23.8. The van der Waals surface area contributed by atoms with Gasteiger partial charge in [0.05, 0.1) is 13.0 Å². The van der Waals surface area contributed by atoms with Crippen LogP contribution in [0.3, 0.4) is 0 Å². The van der Waals surface area contributed by atoms with Crippen LogP contribution in [0.15, 0.2) is 73.1 Å². The standard InChI is InChI=1S/C27H29N3O4/c1-33-25-15-22(7-8-24(25)34-19-21-9-12-28-13-10-21)17-29-27(32)23-16-26(31)30(18-23)14-11-20-5-3-2-4-6-20/h2-10,12-13,15,23H,11,14,16-19H2,1H3,(H,29,32). The van der Waals surface area contributed by atoms with Crippen LogP contribution < -0.4 is 14.8 Å². The molecule has 176 valence electrons. The van der Waals surface area contributed by atoms with E-state index < -0.39 is 0 Å². The van der Waals surface area contributed by atoms with Crippen LogP contribution >= 0.6 is 0 Å². The van der Waals surface area contributed by atoms with E-state index in [0.717, 1.165) is 17.5 Å². The molecule has 0 radical (unpaired) electrons. The van der Waals surface area contributed by atoms with Gasteiger partial charge in [-0.1, -0.05) is 36.4 Å². The number of methoxy groups -OCH3 is 1. The lowest BCUT2D eigenvalue weighted by molar-refractivity contribution is -0.129. The summed E-state index contributed by atoms with van der Waals surface area (Å²) in [6.45, 7) is 1.85. The number of likely N-dealkylation sites (tertiary alicyclic amines) is 1. The Balaban J connectivity index is 1.27. The van der Waals surface area contributed by atoms with Crippen molar-refractivity contribution in [3.63, 3.8) is 0 Å². The lowest BCUT2D eigenvalue weighted by Crippen LogP contribution is -2.33. The first-order valence-corrected chi connectivity index (χ1v) is 11.4. The van der Waals surface area contributed by atoms with Gasteiger partial charge in [-0.3, -0.25) is 14.6 Å². The summed E-state index contributed by atoms with van der Waals surface area (Å²) in [5, 5.41) is 2.96. The molecule has 1 aliphatic rings. The number of nitrogens with zero attached hydrogens (tertiary/aromatic N) is 2. The largest absolute Gasteiger partial charge is 0.493 e. The van der Waals surface area contributed by atoms with Crippen molar-refractivity contribution in [1.82, 2.24) is 15.2 Å². The van der Waals surface area contributed by atoms with Crippen LogP contribution in [0, 0.1) is 5.92 Å². The first kappa shape index (κ1) is 23.3. The van der Waals surface area contributed by atoms with Gasteiger partial charge in [-0.25, -0.2) is 0 Å². The Morgan fingerprint density at radius 2 is 1.82 bits per heavy atom. The van der Waals surface area contributed by atoms with Crippen molar-refractivity contribution < 1.29 is 19.1 Å². The summed E-state index contributed by atoms with van der Waals surface area (Å²) in [7, 11) is 1.59. The molecule has 2 heterocycles. The number of hydrogen-bond donors (Lipinski definition) is 1. The monoisotopic (exact) mass is 459 g/mol. The van der Waals surface area contributed by atoms with E-state index in [1.54, 1.807) is 24.4 Å². The summed E-state index contributed by atoms with van der Waals surface area (Å²) >= 11 is 0. The molecule has 1 saturated heterocycles. The number of pyridine rings is 1. The molecule has 0 aliphatic carbocycles. The number of carbonyl (C=O) groups excluding carboxylic acids is 2. The van der Waals surface area contributed by atoms with Crippen LogP contribution in [0.25, 0.3) is 0 Å². The third kappa shape index (κ3) is 6.13. The molecule has 1 N–H and O–H groups in total. The van der Waals surface area contributed by atoms with E-state index in [1.807, 2.05) is 48.5 Å². The maximum Gasteiger partial charge on any atom is 0.225 e. The molecular formula is C27H29N3O4. The molecule has 0 saturated carbocycles. The topological polar surface area (TPSA) is 80.8 Å². The zero-order valence-corrected chi connectivity index (χ0v) is 19.3. The summed E-state index contributed by atoms with van der Waals surface area (Å²) in [6.07, 6.45) is 4.49. The number of aromatic nitrogens is 1. The zero-order valence-electron chi connectivity index (χ0n) is 19.3. The van der Waals surface area contributed by atoms with E-state index in [4.69, 9.17) is 9.47 Å². The molecule has 1 fully saturated rings. The van der Waals surface area contributed by atoms with Crippen LogP contribution in [0.4, 0.5) is 0 Å². The molecule has 0 bridgehead atoms. The molecule has 4 rings (SSSR count). The fourth-order valence-electron chi connectivity index (χ4n) is 3.99. The normalized spacial score (nSPS) is 15.3. The highest BCUT2D eigenvalue weighted by Gasteiger charge is 2.33. The highest BCUT2D eigenvalue weighted by atomic mass is 16.5. The predicted molar refractivity (Wildman–Crippen MR) is 128 cm³/mol. The van der Waals surface area contributed by atoms with Gasteiger partial charge in [0.25, 0.3) is 0 Å². The first-order chi connectivity index (χ1) is 16.6. The minimum Gasteiger partial charge on any atom is -0.493 e. The maximum atomic E-state index is 12.7. The van der Waals surface area contributed by atoms with Gasteiger partial charge in [0.15, 0.2) is 11.5 Å². The molecule has 34 heavy (non-hydrogen) atoms. The van der Waals surface area contributed by atoms with Crippen LogP contribution in [-0.2, 0) is 29.2 Å². The Morgan fingerprint density at radius 1 is 1.03 bits per heavy atom. The summed E-state index contributed by atoms with van der Waals surface area (Å²) in [6, 6.07) is 19.4. The number of hydrogen-bond acceptors (Lipinski definition) is 5. The number of rotatable bonds is 10. The van der Waals surface area contributed by atoms with Crippen molar-refractivity contribution >= 4 is 11.8 Å². The van der Waals surface area contributed by atoms with Crippen molar-refractivity contribution in [3.05, 3.63) is 89.7 Å². The summed E-state index contributed by atoms with van der Waals surface area (Å²) < 4.78 is 11.3. The SMILES string of the molecule is COc1cc(CNC(=O)C2CC(=O)N(CCc3ccccc3)C2)ccc1OCc1ccncc1. The van der Waals surface area contributed by atoms with Crippen molar-refractivity contribution in [2.24, 2.45) is 5.92 Å². The minimum atomic E-state index is -0.326. The van der Waals surface area contributed by atoms with Gasteiger partial charge < -0.3 is 19.7 Å². The Labute approximate surface area is 199 Å². The van der Waals surface area contributed by atoms with E-state index in [0.29, 0.717) is 37.7 Å². The Kier molecular flexibility index (Phi) is 7.75. The molecule has 1 aliphatic heterocycles. The molecule has 1 atom stereocenters. The molecule has 1 aromatic heterocycles. The van der Waals surface area contributed by atoms with Crippen LogP contribution in [0.1, 0.15) is 23.1 Å². The molecule has 2 amide bonds. The highest BCUT2D eigenvalue weighted by molar-refractivity contribution is 5.89. The molecule has 7 heteroatoms. The number of benzene rings is 2. The van der Waals surface area contributed by atoms with Crippen LogP contribution in [0.2, 0.25) is 0 Å².